The maximum atomic E-state index is 14.2. The number of pyridine rings is 3. The Kier molecular flexibility index (Phi) is 27.9. The van der Waals surface area contributed by atoms with Crippen LogP contribution in [0.15, 0.2) is 265 Å². The number of methoxy groups -OCH3 is 2. The van der Waals surface area contributed by atoms with Crippen LogP contribution in [-0.2, 0) is 0 Å². The molecule has 0 aliphatic carbocycles. The number of hydrogen-bond acceptors (Lipinski definition) is 27. The Balaban J connectivity index is 0.000000113. The van der Waals surface area contributed by atoms with Crippen LogP contribution in [-0.4, -0.2) is 203 Å². The zero-order valence-corrected chi connectivity index (χ0v) is 83.0. The van der Waals surface area contributed by atoms with E-state index in [0.717, 1.165) is 185 Å². The third-order valence-corrected chi connectivity index (χ3v) is 27.6. The Morgan fingerprint density at radius 1 is 0.479 bits per heavy atom. The van der Waals surface area contributed by atoms with E-state index in [0.29, 0.717) is 125 Å². The van der Waals surface area contributed by atoms with Crippen LogP contribution in [0.5, 0.6) is 11.5 Å². The third kappa shape index (κ3) is 21.3. The average molecular weight is 1950 g/mol. The van der Waals surface area contributed by atoms with Crippen molar-refractivity contribution in [3.63, 3.8) is 0 Å². The van der Waals surface area contributed by atoms with Crippen molar-refractivity contribution in [2.75, 3.05) is 146 Å². The van der Waals surface area contributed by atoms with Gasteiger partial charge in [0.2, 0.25) is 0 Å². The van der Waals surface area contributed by atoms with Gasteiger partial charge in [0.1, 0.15) is 43.5 Å². The number of fused-ring (bicyclic) bond motifs is 9. The van der Waals surface area contributed by atoms with E-state index >= 15 is 0 Å². The van der Waals surface area contributed by atoms with Crippen LogP contribution in [0, 0.1) is 26.6 Å². The molecule has 4 saturated heterocycles. The molecule has 4 aliphatic heterocycles. The molecule has 0 bridgehead atoms. The van der Waals surface area contributed by atoms with E-state index in [9.17, 15) is 28.4 Å². The van der Waals surface area contributed by atoms with E-state index < -0.39 is 11.4 Å². The van der Waals surface area contributed by atoms with Gasteiger partial charge in [0.15, 0.2) is 27.9 Å². The van der Waals surface area contributed by atoms with Crippen LogP contribution in [0.4, 0.5) is 32.8 Å². The highest BCUT2D eigenvalue weighted by atomic mass is 35.5. The molecule has 730 valence electrons. The van der Waals surface area contributed by atoms with Crippen molar-refractivity contribution in [1.82, 2.24) is 62.9 Å². The van der Waals surface area contributed by atoms with E-state index in [1.54, 1.807) is 61.6 Å². The van der Waals surface area contributed by atoms with Gasteiger partial charge in [-0.25, -0.2) is 48.3 Å². The summed E-state index contributed by atoms with van der Waals surface area (Å²) in [5.41, 5.74) is 16.0. The van der Waals surface area contributed by atoms with E-state index in [1.165, 1.54) is 17.4 Å². The van der Waals surface area contributed by atoms with Gasteiger partial charge in [0.25, 0.3) is 0 Å². The zero-order chi connectivity index (χ0) is 99.0. The first kappa shape index (κ1) is 96.1. The summed E-state index contributed by atoms with van der Waals surface area (Å²) in [6.45, 7) is 26.1. The number of rotatable bonds is 16. The van der Waals surface area contributed by atoms with Gasteiger partial charge >= 0.3 is 28.1 Å². The van der Waals surface area contributed by atoms with Crippen LogP contribution in [0.3, 0.4) is 0 Å². The van der Waals surface area contributed by atoms with Crippen molar-refractivity contribution in [1.29, 1.82) is 0 Å². The molecular formula is C109H112ClFN18O12S. The molecule has 17 heterocycles. The second kappa shape index (κ2) is 41.2. The number of benzene rings is 6. The van der Waals surface area contributed by atoms with Crippen LogP contribution in [0.2, 0.25) is 4.34 Å². The summed E-state index contributed by atoms with van der Waals surface area (Å²) in [4.78, 5) is 95.7. The van der Waals surface area contributed by atoms with E-state index in [4.69, 9.17) is 43.2 Å². The van der Waals surface area contributed by atoms with E-state index in [1.807, 2.05) is 194 Å². The molecule has 0 radical (unpaired) electrons. The van der Waals surface area contributed by atoms with Crippen LogP contribution < -0.4 is 73.6 Å². The topological polar surface area (TPSA) is 306 Å². The minimum atomic E-state index is -0.480. The van der Waals surface area contributed by atoms with Crippen molar-refractivity contribution in [3.05, 3.63) is 298 Å². The maximum Gasteiger partial charge on any atom is 0.345 e. The molecule has 142 heavy (non-hydrogen) atoms. The second-order valence-electron chi connectivity index (χ2n) is 37.6. The number of anilines is 5. The van der Waals surface area contributed by atoms with Crippen molar-refractivity contribution in [2.45, 2.75) is 91.5 Å². The summed E-state index contributed by atoms with van der Waals surface area (Å²) in [5, 5.41) is 18.2. The lowest BCUT2D eigenvalue weighted by Gasteiger charge is -2.39. The highest BCUT2D eigenvalue weighted by molar-refractivity contribution is 7.20. The normalized spacial score (nSPS) is 16.6. The van der Waals surface area contributed by atoms with E-state index in [-0.39, 0.29) is 28.1 Å². The SMILES string of the molecule is COc1ccc(-c2cc3ccc(N4CCNC[C@@H]4C)cc3oc2=O)cc1OC.C[C@@H]1CN(c2ccc3cc(-c4cn5cc(Cl)sc5n4)c(=O)oc3c2)C[C@H](C)N1.Cc1cc(F)c2nc(-c3cc4ccc(N5CCN(C)[C@@H](C)C5)cc4oc3=O)cn2c1.Cc1ccn2cc(-c3cc4ccc(NC5CCN(C)CC5)cc4oc3=O)nc2c1.Cc1ccn2cc(-c3cc4ccc(NCCN(C)C)cc4oc3=O)nc2c1. The number of likely N-dealkylation sites (N-methyl/N-ethyl adjacent to an activating group) is 2. The fourth-order valence-corrected chi connectivity index (χ4v) is 19.7. The van der Waals surface area contributed by atoms with Crippen LogP contribution >= 0.6 is 22.9 Å². The standard InChI is InChI=1S/C23H23FN4O2.C23H24N4O2.C22H24N2O4.C21H22N4O2.C20H19ClN4O2S/c1-14-8-19(24)22-25-20(13-28(22)11-14)18-9-16-4-5-17(10-21(16)30-23(18)29)27-7-6-26(3)15(2)12-27;1-15-5-10-27-14-20(25-22(27)11-15)19-12-16-3-4-18(13-21(16)29-23(19)28)24-17-6-8-26(2)9-7-17;1-14-13-23-8-9-24(14)17-6-4-16-10-18(22(25)28-20(16)12-17)15-5-7-19(26-2)21(11-15)27-3;1-14-6-8-25-13-18(23-20(25)10-14)17-11-15-4-5-16(22-7-9-24(2)3)12-19(15)27-21(17)26;1-11-7-24(8-12(2)22-11)14-4-3-13-5-15(19(26)27-17(13)6-14)16-9-25-10-18(21)28-20(25)23-16/h4-5,8-11,13,15H,6-7,12H2,1-3H3;3-5,10-14,17,24H,6-9H2,1-2H3;4-7,10-12,14,23H,8-9,13H2,1-3H3;4-6,8,10-13,22H,7,9H2,1-3H3;3-6,9-12,22H,7-8H2,1-2H3/t15-;;14-;;11-,12+/m0.0../s1. The molecule has 0 amide bonds. The molecule has 4 aliphatic rings. The smallest absolute Gasteiger partial charge is 0.345 e. The number of piperazine rings is 3. The fraction of sp³-hybridized carbons (Fsp3) is 0.294. The van der Waals surface area contributed by atoms with Gasteiger partial charge in [0.05, 0.1) is 64.8 Å². The summed E-state index contributed by atoms with van der Waals surface area (Å²) in [6, 6.07) is 56.0. The lowest BCUT2D eigenvalue weighted by molar-refractivity contribution is 0.234. The fourth-order valence-electron chi connectivity index (χ4n) is 18.7. The summed E-state index contributed by atoms with van der Waals surface area (Å²) in [7, 11) is 11.5. The lowest BCUT2D eigenvalue weighted by atomic mass is 10.0. The molecule has 0 spiro atoms. The predicted octanol–water partition coefficient (Wildman–Crippen LogP) is 18.3. The summed E-state index contributed by atoms with van der Waals surface area (Å²) in [5.74, 6) is 0.770. The van der Waals surface area contributed by atoms with Crippen molar-refractivity contribution >= 4 is 128 Å². The number of hydrogen-bond donors (Lipinski definition) is 4. The zero-order valence-electron chi connectivity index (χ0n) is 81.4. The van der Waals surface area contributed by atoms with Crippen LogP contribution in [0.1, 0.15) is 57.2 Å². The number of likely N-dealkylation sites (tertiary alicyclic amines) is 1. The number of imidazole rings is 4. The largest absolute Gasteiger partial charge is 0.493 e. The van der Waals surface area contributed by atoms with Gasteiger partial charge in [-0.05, 0) is 258 Å². The lowest BCUT2D eigenvalue weighted by Crippen LogP contribution is -2.54. The highest BCUT2D eigenvalue weighted by Gasteiger charge is 2.28. The molecule has 30 nitrogen and oxygen atoms in total. The first-order valence-corrected chi connectivity index (χ1v) is 48.8. The average Bonchev–Trinajstić information content (AvgIpc) is 1.56. The molecular weight excluding hydrogens is 1840 g/mol. The molecule has 23 rings (SSSR count). The Morgan fingerprint density at radius 2 is 0.972 bits per heavy atom. The number of piperidine rings is 1. The van der Waals surface area contributed by atoms with Crippen molar-refractivity contribution in [2.24, 2.45) is 0 Å². The van der Waals surface area contributed by atoms with Gasteiger partial charge in [-0.2, -0.15) is 0 Å². The maximum absolute atomic E-state index is 14.2. The molecule has 19 aromatic rings. The number of thiazole rings is 1. The highest BCUT2D eigenvalue weighted by Crippen LogP contribution is 2.37. The minimum absolute atomic E-state index is 0.189. The number of nitrogens with one attached hydrogen (secondary N) is 4. The Bertz CT molecular complexity index is 8230. The van der Waals surface area contributed by atoms with Gasteiger partial charge in [-0.1, -0.05) is 29.0 Å². The minimum Gasteiger partial charge on any atom is -0.493 e. The number of ether oxygens (including phenoxy) is 2. The number of aryl methyl sites for hydroxylation is 3. The van der Waals surface area contributed by atoms with Gasteiger partial charge < -0.3 is 95.4 Å². The summed E-state index contributed by atoms with van der Waals surface area (Å²) >= 11 is 7.37. The van der Waals surface area contributed by atoms with Gasteiger partial charge in [-0.15, -0.1) is 0 Å². The molecule has 6 aromatic carbocycles. The van der Waals surface area contributed by atoms with Crippen molar-refractivity contribution in [3.8, 4) is 67.7 Å². The van der Waals surface area contributed by atoms with Crippen LogP contribution in [0.25, 0.3) is 133 Å². The number of aromatic nitrogens is 8. The van der Waals surface area contributed by atoms with Gasteiger partial charge in [0, 0.05) is 231 Å². The first-order valence-electron chi connectivity index (χ1n) is 47.6. The Morgan fingerprint density at radius 3 is 1.52 bits per heavy atom. The number of halogens is 2. The summed E-state index contributed by atoms with van der Waals surface area (Å²) < 4.78 is 60.9. The molecule has 0 unspecified atom stereocenters. The molecule has 13 aromatic heterocycles. The number of nitrogens with zero attached hydrogens (tertiary/aromatic N) is 14. The van der Waals surface area contributed by atoms with Crippen molar-refractivity contribution < 1.29 is 35.9 Å². The molecule has 4 fully saturated rings. The quantitative estimate of drug-likeness (QED) is 0.0653. The summed E-state index contributed by atoms with van der Waals surface area (Å²) in [6.07, 6.45) is 16.9. The third-order valence-electron chi connectivity index (χ3n) is 26.5. The predicted molar refractivity (Wildman–Crippen MR) is 564 cm³/mol. The molecule has 0 saturated carbocycles. The second-order valence-corrected chi connectivity index (χ2v) is 39.2. The Labute approximate surface area is 825 Å². The molecule has 33 heteroatoms. The van der Waals surface area contributed by atoms with Gasteiger partial charge in [-0.3, -0.25) is 4.40 Å². The Hall–Kier alpha value is -14.8. The van der Waals surface area contributed by atoms with E-state index in [2.05, 4.69) is 137 Å². The molecule has 4 atom stereocenters. The monoisotopic (exact) mass is 1950 g/mol. The first-order chi connectivity index (χ1) is 68.5. The molecule has 4 N–H and O–H groups in total.